The zero-order valence-electron chi connectivity index (χ0n) is 30.0. The summed E-state index contributed by atoms with van der Waals surface area (Å²) in [6, 6.07) is 17.1. The van der Waals surface area contributed by atoms with Crippen LogP contribution < -0.4 is 19.3 Å². The summed E-state index contributed by atoms with van der Waals surface area (Å²) in [5.74, 6) is 1.07. The number of nitrogens with zero attached hydrogens (tertiary/aromatic N) is 5. The van der Waals surface area contributed by atoms with Gasteiger partial charge in [0.15, 0.2) is 5.82 Å². The maximum absolute atomic E-state index is 17.1. The van der Waals surface area contributed by atoms with E-state index in [1.54, 1.807) is 43.4 Å². The Hall–Kier alpha value is -4.69. The summed E-state index contributed by atoms with van der Waals surface area (Å²) in [6.45, 7) is 2.87. The Morgan fingerprint density at radius 2 is 1.44 bits per heavy atom. The fourth-order valence-electron chi connectivity index (χ4n) is 7.64. The van der Waals surface area contributed by atoms with Crippen LogP contribution in [0.4, 0.5) is 29.2 Å². The lowest BCUT2D eigenvalue weighted by Crippen LogP contribution is -2.37. The average Bonchev–Trinajstić information content (AvgIpc) is 3.47. The van der Waals surface area contributed by atoms with E-state index in [9.17, 15) is 21.6 Å². The van der Waals surface area contributed by atoms with Crippen LogP contribution in [0, 0.1) is 24.6 Å². The van der Waals surface area contributed by atoms with Gasteiger partial charge in [0.2, 0.25) is 15.0 Å². The zero-order chi connectivity index (χ0) is 38.5. The van der Waals surface area contributed by atoms with Crippen molar-refractivity contribution in [2.45, 2.75) is 50.6 Å². The molecule has 3 aromatic carbocycles. The van der Waals surface area contributed by atoms with Crippen LogP contribution in [0.5, 0.6) is 11.5 Å². The molecule has 2 unspecified atom stereocenters. The van der Waals surface area contributed by atoms with E-state index in [-0.39, 0.29) is 40.7 Å². The second-order valence-corrected chi connectivity index (χ2v) is 16.4. The minimum atomic E-state index is -4.96. The Bertz CT molecular complexity index is 2260. The molecule has 1 aliphatic carbocycles. The number of ether oxygens (including phenoxy) is 2. The van der Waals surface area contributed by atoms with Crippen molar-refractivity contribution in [2.75, 3.05) is 43.4 Å². The van der Waals surface area contributed by atoms with Crippen LogP contribution in [0.15, 0.2) is 65.8 Å². The van der Waals surface area contributed by atoms with Crippen molar-refractivity contribution in [2.24, 2.45) is 11.8 Å². The van der Waals surface area contributed by atoms with Gasteiger partial charge in [-0.25, -0.2) is 27.8 Å². The Balaban J connectivity index is 1.42. The van der Waals surface area contributed by atoms with Gasteiger partial charge in [0.05, 0.1) is 36.1 Å². The number of fused-ring (bicyclic) bond motifs is 3. The molecular weight excluding hydrogens is 746 g/mol. The third-order valence-corrected chi connectivity index (χ3v) is 11.3. The number of pyridine rings is 1. The zero-order valence-corrected chi connectivity index (χ0v) is 31.6. The number of aryl methyl sites for hydroxylation is 1. The number of aromatic nitrogens is 3. The first-order valence-corrected chi connectivity index (χ1v) is 19.6. The van der Waals surface area contributed by atoms with E-state index in [1.165, 1.54) is 19.1 Å². The van der Waals surface area contributed by atoms with Crippen molar-refractivity contribution in [3.63, 3.8) is 0 Å². The van der Waals surface area contributed by atoms with E-state index >= 15 is 4.39 Å². The van der Waals surface area contributed by atoms with Gasteiger partial charge in [0.1, 0.15) is 28.7 Å². The van der Waals surface area contributed by atoms with E-state index in [0.29, 0.717) is 36.4 Å². The highest BCUT2D eigenvalue weighted by Crippen LogP contribution is 2.46. The predicted molar refractivity (Wildman–Crippen MR) is 200 cm³/mol. The minimum Gasteiger partial charge on any atom is -0.497 e. The maximum Gasteiger partial charge on any atom is 0.418 e. The molecule has 0 spiro atoms. The first kappa shape index (κ1) is 37.6. The van der Waals surface area contributed by atoms with E-state index in [4.69, 9.17) is 21.1 Å². The predicted octanol–water partition coefficient (Wildman–Crippen LogP) is 8.68. The van der Waals surface area contributed by atoms with Crippen molar-refractivity contribution >= 4 is 44.0 Å². The molecule has 2 bridgehead atoms. The van der Waals surface area contributed by atoms with E-state index in [0.717, 1.165) is 36.6 Å². The topological polar surface area (TPSA) is 97.8 Å². The number of benzene rings is 3. The summed E-state index contributed by atoms with van der Waals surface area (Å²) in [6.07, 6.45) is -1.000. The Morgan fingerprint density at radius 3 is 1.94 bits per heavy atom. The molecule has 1 saturated carbocycles. The number of hydrogen-bond acceptors (Lipinski definition) is 9. The average molecular weight is 784 g/mol. The molecule has 284 valence electrons. The van der Waals surface area contributed by atoms with E-state index < -0.39 is 49.3 Å². The molecule has 9 nitrogen and oxygen atoms in total. The number of sulfone groups is 1. The van der Waals surface area contributed by atoms with Crippen LogP contribution >= 0.6 is 11.6 Å². The summed E-state index contributed by atoms with van der Waals surface area (Å²) >= 11 is 6.80. The van der Waals surface area contributed by atoms with Crippen LogP contribution in [0.1, 0.15) is 41.5 Å². The summed E-state index contributed by atoms with van der Waals surface area (Å²) in [5, 5.41) is -0.866. The highest BCUT2D eigenvalue weighted by molar-refractivity contribution is 7.90. The number of anilines is 2. The summed E-state index contributed by atoms with van der Waals surface area (Å²) in [5.41, 5.74) is -1.61. The van der Waals surface area contributed by atoms with Gasteiger partial charge in [-0.15, -0.1) is 0 Å². The SMILES string of the molecule is COc1ccc(CN(Cc2ccc(OC)cc2)c2cc(C)c(C(F)(F)F)c(-c3c(Cl)cc4c(N5CC6CCC(C6)C5)nc(S(C)(=O)=O)nc4c3F)n2)cc1. The van der Waals surface area contributed by atoms with Crippen molar-refractivity contribution in [3.8, 4) is 22.8 Å². The van der Waals surface area contributed by atoms with Gasteiger partial charge in [-0.1, -0.05) is 35.9 Å². The lowest BCUT2D eigenvalue weighted by atomic mass is 9.97. The quantitative estimate of drug-likeness (QED) is 0.102. The van der Waals surface area contributed by atoms with E-state index in [1.807, 2.05) is 29.2 Å². The fourth-order valence-corrected chi connectivity index (χ4v) is 8.43. The molecule has 7 rings (SSSR count). The molecule has 1 saturated heterocycles. The summed E-state index contributed by atoms with van der Waals surface area (Å²) in [4.78, 5) is 16.7. The monoisotopic (exact) mass is 783 g/mol. The molecule has 54 heavy (non-hydrogen) atoms. The van der Waals surface area contributed by atoms with Gasteiger partial charge in [-0.05, 0) is 91.1 Å². The highest BCUT2D eigenvalue weighted by Gasteiger charge is 2.40. The maximum atomic E-state index is 17.1. The molecule has 2 aliphatic rings. The van der Waals surface area contributed by atoms with Crippen LogP contribution in [0.2, 0.25) is 5.02 Å². The van der Waals surface area contributed by atoms with Crippen LogP contribution in [0.25, 0.3) is 22.2 Å². The van der Waals surface area contributed by atoms with Crippen LogP contribution in [-0.4, -0.2) is 56.9 Å². The molecule has 0 N–H and O–H groups in total. The molecule has 0 radical (unpaired) electrons. The first-order valence-electron chi connectivity index (χ1n) is 17.4. The number of hydrogen-bond donors (Lipinski definition) is 0. The van der Waals surface area contributed by atoms with Gasteiger partial charge in [-0.3, -0.25) is 0 Å². The second-order valence-electron chi connectivity index (χ2n) is 14.1. The largest absolute Gasteiger partial charge is 0.497 e. The Labute approximate surface area is 315 Å². The number of methoxy groups -OCH3 is 2. The van der Waals surface area contributed by atoms with Gasteiger partial charge in [0.25, 0.3) is 0 Å². The van der Waals surface area contributed by atoms with Crippen molar-refractivity contribution in [1.82, 2.24) is 15.0 Å². The molecule has 2 fully saturated rings. The molecule has 0 amide bonds. The van der Waals surface area contributed by atoms with Gasteiger partial charge in [0, 0.05) is 37.8 Å². The normalized spacial score (nSPS) is 17.2. The molecule has 2 aromatic heterocycles. The minimum absolute atomic E-state index is 0.108. The van der Waals surface area contributed by atoms with Gasteiger partial charge in [-0.2, -0.15) is 13.2 Å². The first-order chi connectivity index (χ1) is 25.6. The summed E-state index contributed by atoms with van der Waals surface area (Å²) in [7, 11) is -0.970. The fraction of sp³-hybridized carbons (Fsp3) is 0.359. The number of alkyl halides is 3. The molecule has 1 aliphatic heterocycles. The van der Waals surface area contributed by atoms with Crippen LogP contribution in [-0.2, 0) is 29.1 Å². The van der Waals surface area contributed by atoms with Crippen LogP contribution in [0.3, 0.4) is 0 Å². The van der Waals surface area contributed by atoms with Crippen molar-refractivity contribution in [1.29, 1.82) is 0 Å². The van der Waals surface area contributed by atoms with Gasteiger partial charge >= 0.3 is 6.18 Å². The number of halogens is 5. The molecule has 5 aromatic rings. The third-order valence-electron chi connectivity index (χ3n) is 10.2. The molecule has 15 heteroatoms. The molecule has 2 atom stereocenters. The highest BCUT2D eigenvalue weighted by atomic mass is 35.5. The lowest BCUT2D eigenvalue weighted by Gasteiger charge is -2.33. The number of piperidine rings is 1. The van der Waals surface area contributed by atoms with Gasteiger partial charge < -0.3 is 19.3 Å². The molecule has 3 heterocycles. The Kier molecular flexibility index (Phi) is 10.1. The lowest BCUT2D eigenvalue weighted by molar-refractivity contribution is -0.137. The smallest absolute Gasteiger partial charge is 0.418 e. The second kappa shape index (κ2) is 14.5. The number of rotatable bonds is 10. The summed E-state index contributed by atoms with van der Waals surface area (Å²) < 4.78 is 98.4. The van der Waals surface area contributed by atoms with E-state index in [2.05, 4.69) is 15.0 Å². The third kappa shape index (κ3) is 7.50. The van der Waals surface area contributed by atoms with Crippen molar-refractivity contribution < 1.29 is 35.5 Å². The molecular formula is C39H38ClF4N5O4S. The van der Waals surface area contributed by atoms with Crippen molar-refractivity contribution in [3.05, 3.63) is 93.8 Å². The Morgan fingerprint density at radius 1 is 0.889 bits per heavy atom. The standard InChI is InChI=1S/C39H38ClF4N5O4S/c1-22-15-31(48(18-23-7-11-27(52-2)12-8-23)19-24-9-13-28(53-3)14-10-24)45-36(33(22)39(42,43)44)32-30(40)17-29-35(34(32)41)46-38(54(4,50)51)47-37(29)49-20-25-5-6-26(16-25)21-49/h7-15,17,25-26H,5-6,16,18-21H2,1-4H3.